The molecule has 0 bridgehead atoms. The molecule has 4 nitrogen and oxygen atoms in total. The molecule has 0 spiro atoms. The molecular formula is C28H26F5N3O. The molecule has 1 heterocycles. The van der Waals surface area contributed by atoms with Gasteiger partial charge in [0.1, 0.15) is 5.69 Å². The Balaban J connectivity index is 1.34. The summed E-state index contributed by atoms with van der Waals surface area (Å²) in [7, 11) is 0. The number of benzene rings is 3. The monoisotopic (exact) mass is 515 g/mol. The van der Waals surface area contributed by atoms with Gasteiger partial charge in [-0.25, -0.2) is 22.0 Å². The fraction of sp³-hybridized carbons (Fsp3) is 0.250. The van der Waals surface area contributed by atoms with Gasteiger partial charge in [-0.05, 0) is 47.4 Å². The third-order valence-electron chi connectivity index (χ3n) is 6.31. The number of rotatable bonds is 6. The molecule has 0 unspecified atom stereocenters. The van der Waals surface area contributed by atoms with Crippen molar-refractivity contribution < 1.29 is 26.7 Å². The summed E-state index contributed by atoms with van der Waals surface area (Å²) in [6.45, 7) is 4.99. The standard InChI is InChI=1S/C28H26F5N3O/c1-17(2)19-6-3-18(4-7-19)5-12-22(37)34-20-8-10-21(11-9-20)35-13-15-36(16-14-35)28-26(32)24(30)23(29)25(31)27(28)33/h3-12,17H,13-16H2,1-2H3,(H,34,37). The van der Waals surface area contributed by atoms with E-state index in [-0.39, 0.29) is 19.0 Å². The molecule has 0 aliphatic carbocycles. The van der Waals surface area contributed by atoms with E-state index in [1.807, 2.05) is 29.2 Å². The number of carbonyl (C=O) groups is 1. The average Bonchev–Trinajstić information content (AvgIpc) is 2.91. The van der Waals surface area contributed by atoms with Crippen LogP contribution < -0.4 is 15.1 Å². The van der Waals surface area contributed by atoms with E-state index in [1.54, 1.807) is 30.3 Å². The summed E-state index contributed by atoms with van der Waals surface area (Å²) in [5, 5.41) is 2.79. The van der Waals surface area contributed by atoms with Gasteiger partial charge in [-0.1, -0.05) is 38.1 Å². The molecule has 1 N–H and O–H groups in total. The molecule has 1 fully saturated rings. The first-order chi connectivity index (χ1) is 17.7. The van der Waals surface area contributed by atoms with E-state index in [4.69, 9.17) is 0 Å². The number of nitrogens with zero attached hydrogens (tertiary/aromatic N) is 2. The minimum Gasteiger partial charge on any atom is -0.368 e. The molecular weight excluding hydrogens is 489 g/mol. The third kappa shape index (κ3) is 5.76. The van der Waals surface area contributed by atoms with Crippen molar-refractivity contribution in [1.82, 2.24) is 0 Å². The first kappa shape index (κ1) is 26.2. The number of hydrogen-bond acceptors (Lipinski definition) is 3. The lowest BCUT2D eigenvalue weighted by atomic mass is 10.0. The van der Waals surface area contributed by atoms with Crippen LogP contribution in [-0.2, 0) is 4.79 Å². The summed E-state index contributed by atoms with van der Waals surface area (Å²) in [6.07, 6.45) is 3.19. The molecule has 0 radical (unpaired) electrons. The number of halogens is 5. The van der Waals surface area contributed by atoms with Crippen molar-refractivity contribution in [3.05, 3.63) is 94.8 Å². The molecule has 4 rings (SSSR count). The maximum Gasteiger partial charge on any atom is 0.248 e. The summed E-state index contributed by atoms with van der Waals surface area (Å²) in [5.74, 6) is -9.57. The van der Waals surface area contributed by atoms with Gasteiger partial charge in [-0.15, -0.1) is 0 Å². The van der Waals surface area contributed by atoms with Crippen molar-refractivity contribution in [3.8, 4) is 0 Å². The SMILES string of the molecule is CC(C)c1ccc(C=CC(=O)Nc2ccc(N3CCN(c4c(F)c(F)c(F)c(F)c4F)CC3)cc2)cc1. The number of nitrogens with one attached hydrogen (secondary N) is 1. The highest BCUT2D eigenvalue weighted by atomic mass is 19.2. The first-order valence-corrected chi connectivity index (χ1v) is 11.9. The third-order valence-corrected chi connectivity index (χ3v) is 6.31. The Morgan fingerprint density at radius 2 is 1.27 bits per heavy atom. The highest BCUT2D eigenvalue weighted by molar-refractivity contribution is 6.02. The minimum atomic E-state index is -2.17. The molecule has 1 aliphatic heterocycles. The molecule has 0 saturated carbocycles. The smallest absolute Gasteiger partial charge is 0.248 e. The van der Waals surface area contributed by atoms with E-state index >= 15 is 0 Å². The van der Waals surface area contributed by atoms with Crippen LogP contribution in [0.5, 0.6) is 0 Å². The summed E-state index contributed by atoms with van der Waals surface area (Å²) in [4.78, 5) is 15.4. The van der Waals surface area contributed by atoms with E-state index in [2.05, 4.69) is 19.2 Å². The summed E-state index contributed by atoms with van der Waals surface area (Å²) >= 11 is 0. The van der Waals surface area contributed by atoms with Gasteiger partial charge in [0.15, 0.2) is 23.3 Å². The van der Waals surface area contributed by atoms with E-state index in [0.29, 0.717) is 24.7 Å². The van der Waals surface area contributed by atoms with E-state index < -0.39 is 34.8 Å². The predicted octanol–water partition coefficient (Wildman–Crippen LogP) is 6.48. The quantitative estimate of drug-likeness (QED) is 0.177. The molecule has 1 aliphatic rings. The zero-order valence-corrected chi connectivity index (χ0v) is 20.4. The van der Waals surface area contributed by atoms with Crippen LogP contribution >= 0.6 is 0 Å². The molecule has 194 valence electrons. The second-order valence-electron chi connectivity index (χ2n) is 9.08. The second kappa shape index (κ2) is 11.0. The van der Waals surface area contributed by atoms with Gasteiger partial charge in [0.25, 0.3) is 0 Å². The largest absolute Gasteiger partial charge is 0.368 e. The van der Waals surface area contributed by atoms with Crippen LogP contribution in [-0.4, -0.2) is 32.1 Å². The Labute approximate surface area is 212 Å². The van der Waals surface area contributed by atoms with Gasteiger partial charge >= 0.3 is 0 Å². The topological polar surface area (TPSA) is 35.6 Å². The summed E-state index contributed by atoms with van der Waals surface area (Å²) in [5.41, 5.74) is 2.63. The van der Waals surface area contributed by atoms with Crippen LogP contribution in [0.25, 0.3) is 6.08 Å². The molecule has 0 atom stereocenters. The van der Waals surface area contributed by atoms with Crippen molar-refractivity contribution in [1.29, 1.82) is 0 Å². The maximum atomic E-state index is 14.1. The number of anilines is 3. The molecule has 37 heavy (non-hydrogen) atoms. The van der Waals surface area contributed by atoms with Gasteiger partial charge in [0.2, 0.25) is 11.7 Å². The van der Waals surface area contributed by atoms with E-state index in [0.717, 1.165) is 16.2 Å². The fourth-order valence-corrected chi connectivity index (χ4v) is 4.16. The van der Waals surface area contributed by atoms with Crippen molar-refractivity contribution in [2.45, 2.75) is 19.8 Å². The Hall–Kier alpha value is -3.88. The Morgan fingerprint density at radius 3 is 1.81 bits per heavy atom. The van der Waals surface area contributed by atoms with Crippen LogP contribution in [0, 0.1) is 29.1 Å². The maximum absolute atomic E-state index is 14.1. The summed E-state index contributed by atoms with van der Waals surface area (Å²) < 4.78 is 68.7. The number of amides is 1. The van der Waals surface area contributed by atoms with Crippen LogP contribution in [0.2, 0.25) is 0 Å². The minimum absolute atomic E-state index is 0.0692. The number of piperazine rings is 1. The van der Waals surface area contributed by atoms with Gasteiger partial charge in [0.05, 0.1) is 0 Å². The molecule has 3 aromatic carbocycles. The zero-order chi connectivity index (χ0) is 26.7. The van der Waals surface area contributed by atoms with Crippen molar-refractivity contribution >= 4 is 29.0 Å². The fourth-order valence-electron chi connectivity index (χ4n) is 4.16. The van der Waals surface area contributed by atoms with Gasteiger partial charge in [0, 0.05) is 43.6 Å². The number of hydrogen-bond donors (Lipinski definition) is 1. The Bertz CT molecular complexity index is 1270. The van der Waals surface area contributed by atoms with Crippen LogP contribution in [0.15, 0.2) is 54.6 Å². The molecule has 3 aromatic rings. The van der Waals surface area contributed by atoms with Crippen molar-refractivity contribution in [3.63, 3.8) is 0 Å². The van der Waals surface area contributed by atoms with Crippen molar-refractivity contribution in [2.24, 2.45) is 0 Å². The number of carbonyl (C=O) groups excluding carboxylic acids is 1. The van der Waals surface area contributed by atoms with Crippen LogP contribution in [0.1, 0.15) is 30.9 Å². The van der Waals surface area contributed by atoms with Gasteiger partial charge in [-0.3, -0.25) is 4.79 Å². The lowest BCUT2D eigenvalue weighted by Crippen LogP contribution is -2.47. The molecule has 9 heteroatoms. The first-order valence-electron chi connectivity index (χ1n) is 11.9. The molecule has 1 amide bonds. The highest BCUT2D eigenvalue weighted by Crippen LogP contribution is 2.31. The second-order valence-corrected chi connectivity index (χ2v) is 9.08. The van der Waals surface area contributed by atoms with E-state index in [1.165, 1.54) is 11.6 Å². The zero-order valence-electron chi connectivity index (χ0n) is 20.4. The van der Waals surface area contributed by atoms with Crippen molar-refractivity contribution in [2.75, 3.05) is 41.3 Å². The average molecular weight is 516 g/mol. The normalized spacial score (nSPS) is 14.1. The molecule has 1 saturated heterocycles. The molecule has 0 aromatic heterocycles. The highest BCUT2D eigenvalue weighted by Gasteiger charge is 2.30. The lowest BCUT2D eigenvalue weighted by Gasteiger charge is -2.37. The summed E-state index contributed by atoms with van der Waals surface area (Å²) in [6, 6.07) is 15.0. The Morgan fingerprint density at radius 1 is 0.757 bits per heavy atom. The Kier molecular flexibility index (Phi) is 7.80. The van der Waals surface area contributed by atoms with E-state index in [9.17, 15) is 26.7 Å². The predicted molar refractivity (Wildman–Crippen MR) is 135 cm³/mol. The van der Waals surface area contributed by atoms with Gasteiger partial charge < -0.3 is 15.1 Å². The van der Waals surface area contributed by atoms with Crippen LogP contribution in [0.3, 0.4) is 0 Å². The lowest BCUT2D eigenvalue weighted by molar-refractivity contribution is -0.111. The van der Waals surface area contributed by atoms with Crippen LogP contribution in [0.4, 0.5) is 39.0 Å². The van der Waals surface area contributed by atoms with Gasteiger partial charge in [-0.2, -0.15) is 0 Å².